The van der Waals surface area contributed by atoms with E-state index < -0.39 is 0 Å². The van der Waals surface area contributed by atoms with Crippen LogP contribution in [-0.4, -0.2) is 55.1 Å². The fourth-order valence-electron chi connectivity index (χ4n) is 4.35. The SMILES string of the molecule is Cc1cccc(N2CCN(C(=O)c3ccc(N4CCC(C)CC4)nc3)CC2)c1C. The smallest absolute Gasteiger partial charge is 0.255 e. The Bertz CT molecular complexity index is 848. The van der Waals surface area contributed by atoms with Gasteiger partial charge in [0, 0.05) is 51.2 Å². The van der Waals surface area contributed by atoms with Crippen LogP contribution in [0.15, 0.2) is 36.5 Å². The fourth-order valence-corrected chi connectivity index (χ4v) is 4.35. The molecule has 0 bridgehead atoms. The quantitative estimate of drug-likeness (QED) is 0.794. The Kier molecular flexibility index (Phi) is 5.74. The summed E-state index contributed by atoms with van der Waals surface area (Å²) >= 11 is 0. The van der Waals surface area contributed by atoms with E-state index in [0.717, 1.165) is 51.0 Å². The summed E-state index contributed by atoms with van der Waals surface area (Å²) in [6, 6.07) is 10.4. The van der Waals surface area contributed by atoms with Crippen LogP contribution in [0.2, 0.25) is 0 Å². The Hall–Kier alpha value is -2.56. The topological polar surface area (TPSA) is 39.7 Å². The summed E-state index contributed by atoms with van der Waals surface area (Å²) in [5.74, 6) is 1.89. The van der Waals surface area contributed by atoms with Gasteiger partial charge >= 0.3 is 0 Å². The molecule has 2 saturated heterocycles. The van der Waals surface area contributed by atoms with Crippen LogP contribution >= 0.6 is 0 Å². The van der Waals surface area contributed by atoms with Gasteiger partial charge in [-0.1, -0.05) is 19.1 Å². The van der Waals surface area contributed by atoms with Gasteiger partial charge in [-0.05, 0) is 61.9 Å². The lowest BCUT2D eigenvalue weighted by Gasteiger charge is -2.37. The summed E-state index contributed by atoms with van der Waals surface area (Å²) in [4.78, 5) is 24.2. The maximum atomic E-state index is 12.9. The van der Waals surface area contributed by atoms with Crippen LogP contribution in [0.5, 0.6) is 0 Å². The molecule has 5 heteroatoms. The normalized spacial score (nSPS) is 18.2. The second-order valence-electron chi connectivity index (χ2n) is 8.57. The molecule has 5 nitrogen and oxygen atoms in total. The third-order valence-electron chi connectivity index (χ3n) is 6.59. The minimum Gasteiger partial charge on any atom is -0.368 e. The molecule has 1 aromatic carbocycles. The van der Waals surface area contributed by atoms with Gasteiger partial charge in [0.1, 0.15) is 5.82 Å². The number of hydrogen-bond acceptors (Lipinski definition) is 4. The zero-order chi connectivity index (χ0) is 20.4. The summed E-state index contributed by atoms with van der Waals surface area (Å²) in [6.07, 6.45) is 4.19. The van der Waals surface area contributed by atoms with Crippen molar-refractivity contribution in [3.8, 4) is 0 Å². The lowest BCUT2D eigenvalue weighted by atomic mass is 9.99. The number of rotatable bonds is 3. The number of amides is 1. The molecule has 0 N–H and O–H groups in total. The number of nitrogens with zero attached hydrogens (tertiary/aromatic N) is 4. The van der Waals surface area contributed by atoms with Gasteiger partial charge in [-0.15, -0.1) is 0 Å². The van der Waals surface area contributed by atoms with E-state index in [9.17, 15) is 4.79 Å². The molecule has 0 aliphatic carbocycles. The van der Waals surface area contributed by atoms with Gasteiger partial charge in [-0.2, -0.15) is 0 Å². The average molecular weight is 393 g/mol. The van der Waals surface area contributed by atoms with Crippen molar-refractivity contribution in [3.05, 3.63) is 53.2 Å². The average Bonchev–Trinajstić information content (AvgIpc) is 2.76. The molecule has 0 saturated carbocycles. The first kappa shape index (κ1) is 19.7. The first-order valence-electron chi connectivity index (χ1n) is 10.8. The van der Waals surface area contributed by atoms with E-state index >= 15 is 0 Å². The Balaban J connectivity index is 1.36. The molecule has 3 heterocycles. The van der Waals surface area contributed by atoms with E-state index in [1.54, 1.807) is 6.20 Å². The highest BCUT2D eigenvalue weighted by atomic mass is 16.2. The van der Waals surface area contributed by atoms with Crippen LogP contribution in [-0.2, 0) is 0 Å². The minimum absolute atomic E-state index is 0.0944. The van der Waals surface area contributed by atoms with Crippen LogP contribution in [0.3, 0.4) is 0 Å². The van der Waals surface area contributed by atoms with Crippen molar-refractivity contribution in [2.75, 3.05) is 49.1 Å². The predicted octanol–water partition coefficient (Wildman–Crippen LogP) is 3.90. The minimum atomic E-state index is 0.0944. The third kappa shape index (κ3) is 4.24. The second-order valence-corrected chi connectivity index (χ2v) is 8.57. The molecule has 1 amide bonds. The number of piperidine rings is 1. The molecule has 0 unspecified atom stereocenters. The monoisotopic (exact) mass is 392 g/mol. The Morgan fingerprint density at radius 1 is 0.931 bits per heavy atom. The number of anilines is 2. The molecule has 4 rings (SSSR count). The Labute approximate surface area is 174 Å². The zero-order valence-corrected chi connectivity index (χ0v) is 17.9. The molecular formula is C24H32N4O. The van der Waals surface area contributed by atoms with Crippen molar-refractivity contribution >= 4 is 17.4 Å². The highest BCUT2D eigenvalue weighted by molar-refractivity contribution is 5.94. The maximum Gasteiger partial charge on any atom is 0.255 e. The van der Waals surface area contributed by atoms with Gasteiger partial charge < -0.3 is 14.7 Å². The fraction of sp³-hybridized carbons (Fsp3) is 0.500. The van der Waals surface area contributed by atoms with Crippen molar-refractivity contribution in [1.82, 2.24) is 9.88 Å². The van der Waals surface area contributed by atoms with Crippen LogP contribution in [0.1, 0.15) is 41.3 Å². The van der Waals surface area contributed by atoms with Crippen LogP contribution in [0.25, 0.3) is 0 Å². The largest absolute Gasteiger partial charge is 0.368 e. The van der Waals surface area contributed by atoms with E-state index in [1.807, 2.05) is 17.0 Å². The van der Waals surface area contributed by atoms with Crippen molar-refractivity contribution in [2.45, 2.75) is 33.6 Å². The number of pyridine rings is 1. The maximum absolute atomic E-state index is 12.9. The molecule has 1 aromatic heterocycles. The highest BCUT2D eigenvalue weighted by Gasteiger charge is 2.24. The molecule has 0 atom stereocenters. The second kappa shape index (κ2) is 8.44. The lowest BCUT2D eigenvalue weighted by Crippen LogP contribution is -2.49. The van der Waals surface area contributed by atoms with Gasteiger partial charge in [-0.25, -0.2) is 4.98 Å². The van der Waals surface area contributed by atoms with Gasteiger partial charge in [0.05, 0.1) is 5.56 Å². The molecule has 2 aliphatic heterocycles. The number of carbonyl (C=O) groups excluding carboxylic acids is 1. The summed E-state index contributed by atoms with van der Waals surface area (Å²) in [6.45, 7) is 12.0. The number of carbonyl (C=O) groups is 1. The van der Waals surface area contributed by atoms with E-state index in [-0.39, 0.29) is 5.91 Å². The molecule has 2 aliphatic rings. The molecule has 2 aromatic rings. The molecule has 0 radical (unpaired) electrons. The van der Waals surface area contributed by atoms with Crippen molar-refractivity contribution in [3.63, 3.8) is 0 Å². The zero-order valence-electron chi connectivity index (χ0n) is 17.9. The lowest BCUT2D eigenvalue weighted by molar-refractivity contribution is 0.0746. The number of aromatic nitrogens is 1. The highest BCUT2D eigenvalue weighted by Crippen LogP contribution is 2.25. The molecule has 154 valence electrons. The molecule has 29 heavy (non-hydrogen) atoms. The summed E-state index contributed by atoms with van der Waals surface area (Å²) < 4.78 is 0. The van der Waals surface area contributed by atoms with E-state index in [4.69, 9.17) is 0 Å². The van der Waals surface area contributed by atoms with E-state index in [1.165, 1.54) is 29.7 Å². The standard InChI is InChI=1S/C24H32N4O/c1-18-9-11-27(12-10-18)23-8-7-21(17-25-23)24(29)28-15-13-26(14-16-28)22-6-4-5-19(2)20(22)3/h4-8,17-18H,9-16H2,1-3H3. The molecule has 2 fully saturated rings. The van der Waals surface area contributed by atoms with Crippen LogP contribution in [0, 0.1) is 19.8 Å². The van der Waals surface area contributed by atoms with Gasteiger partial charge in [0.15, 0.2) is 0 Å². The number of benzene rings is 1. The van der Waals surface area contributed by atoms with Crippen molar-refractivity contribution < 1.29 is 4.79 Å². The van der Waals surface area contributed by atoms with Crippen LogP contribution in [0.4, 0.5) is 11.5 Å². The van der Waals surface area contributed by atoms with E-state index in [2.05, 4.69) is 53.8 Å². The number of aryl methyl sites for hydroxylation is 1. The van der Waals surface area contributed by atoms with Gasteiger partial charge in [0.2, 0.25) is 0 Å². The Morgan fingerprint density at radius 3 is 2.31 bits per heavy atom. The third-order valence-corrected chi connectivity index (χ3v) is 6.59. The van der Waals surface area contributed by atoms with Crippen LogP contribution < -0.4 is 9.80 Å². The summed E-state index contributed by atoms with van der Waals surface area (Å²) in [5, 5.41) is 0. The molecular weight excluding hydrogens is 360 g/mol. The summed E-state index contributed by atoms with van der Waals surface area (Å²) in [5.41, 5.74) is 4.63. The first-order chi connectivity index (χ1) is 14.0. The van der Waals surface area contributed by atoms with Crippen molar-refractivity contribution in [2.24, 2.45) is 5.92 Å². The summed E-state index contributed by atoms with van der Waals surface area (Å²) in [7, 11) is 0. The predicted molar refractivity (Wildman–Crippen MR) is 119 cm³/mol. The Morgan fingerprint density at radius 2 is 1.66 bits per heavy atom. The first-order valence-corrected chi connectivity index (χ1v) is 10.8. The van der Waals surface area contributed by atoms with E-state index in [0.29, 0.717) is 5.56 Å². The van der Waals surface area contributed by atoms with Gasteiger partial charge in [0.25, 0.3) is 5.91 Å². The van der Waals surface area contributed by atoms with Gasteiger partial charge in [-0.3, -0.25) is 4.79 Å². The number of hydrogen-bond donors (Lipinski definition) is 0. The van der Waals surface area contributed by atoms with Crippen molar-refractivity contribution in [1.29, 1.82) is 0 Å². The number of piperazine rings is 1. The molecule has 0 spiro atoms.